The molecule has 3 aromatic rings. The fourth-order valence-corrected chi connectivity index (χ4v) is 3.61. The van der Waals surface area contributed by atoms with Gasteiger partial charge in [0.25, 0.3) is 10.0 Å². The molecule has 0 saturated carbocycles. The minimum Gasteiger partial charge on any atom is -0.380 e. The number of nitrogens with zero attached hydrogens (tertiary/aromatic N) is 2. The monoisotopic (exact) mass is 372 g/mol. The third kappa shape index (κ3) is 4.34. The van der Waals surface area contributed by atoms with Gasteiger partial charge in [0.2, 0.25) is 0 Å². The molecular weight excluding hydrogens is 355 g/mol. The van der Waals surface area contributed by atoms with Crippen LogP contribution in [-0.2, 0) is 16.6 Å². The van der Waals surface area contributed by atoms with Crippen molar-refractivity contribution in [3.63, 3.8) is 0 Å². The number of hydrogen-bond donors (Lipinski definition) is 2. The summed E-state index contributed by atoms with van der Waals surface area (Å²) in [6.45, 7) is 2.14. The van der Waals surface area contributed by atoms with Gasteiger partial charge in [-0.15, -0.1) is 0 Å². The summed E-state index contributed by atoms with van der Waals surface area (Å²) in [5, 5.41) is 3.19. The topological polar surface area (TPSA) is 84.0 Å². The summed E-state index contributed by atoms with van der Waals surface area (Å²) < 4.78 is 40.4. The first kappa shape index (κ1) is 17.8. The molecule has 134 valence electrons. The standard InChI is InChI=1S/C18H17FN4O2S/c1-13-10-15(19)2-4-17(13)26(24,25)23-18-5-3-16(12-22-18)21-11-14-6-8-20-9-7-14/h2-10,12,21H,11H2,1H3,(H,22,23). The number of aryl methyl sites for hydroxylation is 1. The van der Waals surface area contributed by atoms with E-state index in [0.29, 0.717) is 12.1 Å². The minimum absolute atomic E-state index is 0.0144. The van der Waals surface area contributed by atoms with Gasteiger partial charge in [-0.05, 0) is 60.5 Å². The molecule has 0 aliphatic rings. The second kappa shape index (κ2) is 7.49. The molecule has 8 heteroatoms. The molecule has 6 nitrogen and oxygen atoms in total. The molecule has 26 heavy (non-hydrogen) atoms. The molecule has 2 heterocycles. The zero-order valence-electron chi connectivity index (χ0n) is 14.0. The van der Waals surface area contributed by atoms with Crippen molar-refractivity contribution in [2.45, 2.75) is 18.4 Å². The Balaban J connectivity index is 1.68. The molecule has 0 fully saturated rings. The van der Waals surface area contributed by atoms with E-state index in [9.17, 15) is 12.8 Å². The van der Waals surface area contributed by atoms with Crippen molar-refractivity contribution in [2.75, 3.05) is 10.0 Å². The van der Waals surface area contributed by atoms with E-state index in [1.54, 1.807) is 24.5 Å². The van der Waals surface area contributed by atoms with Crippen LogP contribution in [0.4, 0.5) is 15.9 Å². The molecule has 0 radical (unpaired) electrons. The summed E-state index contributed by atoms with van der Waals surface area (Å²) in [7, 11) is -3.84. The van der Waals surface area contributed by atoms with Gasteiger partial charge in [0.1, 0.15) is 11.6 Å². The van der Waals surface area contributed by atoms with Gasteiger partial charge < -0.3 is 5.32 Å². The molecule has 3 rings (SSSR count). The van der Waals surface area contributed by atoms with Crippen molar-refractivity contribution in [1.82, 2.24) is 9.97 Å². The Morgan fingerprint density at radius 1 is 1.08 bits per heavy atom. The molecule has 2 aromatic heterocycles. The lowest BCUT2D eigenvalue weighted by Gasteiger charge is -2.11. The van der Waals surface area contributed by atoms with Gasteiger partial charge in [-0.25, -0.2) is 17.8 Å². The Morgan fingerprint density at radius 2 is 1.85 bits per heavy atom. The number of nitrogens with one attached hydrogen (secondary N) is 2. The van der Waals surface area contributed by atoms with Crippen molar-refractivity contribution < 1.29 is 12.8 Å². The fraction of sp³-hybridized carbons (Fsp3) is 0.111. The van der Waals surface area contributed by atoms with Gasteiger partial charge in [0.15, 0.2) is 0 Å². The van der Waals surface area contributed by atoms with Gasteiger partial charge in [0.05, 0.1) is 16.8 Å². The van der Waals surface area contributed by atoms with Crippen LogP contribution in [0, 0.1) is 12.7 Å². The molecule has 0 amide bonds. The lowest BCUT2D eigenvalue weighted by atomic mass is 10.2. The molecule has 0 aliphatic carbocycles. The number of rotatable bonds is 6. The number of halogens is 1. The van der Waals surface area contributed by atoms with E-state index in [0.717, 1.165) is 17.3 Å². The van der Waals surface area contributed by atoms with Crippen molar-refractivity contribution in [1.29, 1.82) is 0 Å². The van der Waals surface area contributed by atoms with Gasteiger partial charge in [-0.1, -0.05) is 0 Å². The highest BCUT2D eigenvalue weighted by atomic mass is 32.2. The maximum Gasteiger partial charge on any atom is 0.263 e. The molecule has 0 atom stereocenters. The third-order valence-corrected chi connectivity index (χ3v) is 5.19. The number of benzene rings is 1. The van der Waals surface area contributed by atoms with Crippen LogP contribution in [0.25, 0.3) is 0 Å². The van der Waals surface area contributed by atoms with E-state index >= 15 is 0 Å². The van der Waals surface area contributed by atoms with Crippen molar-refractivity contribution in [3.05, 3.63) is 78.0 Å². The second-order valence-corrected chi connectivity index (χ2v) is 7.31. The first-order valence-electron chi connectivity index (χ1n) is 7.82. The summed E-state index contributed by atoms with van der Waals surface area (Å²) >= 11 is 0. The molecular formula is C18H17FN4O2S. The average Bonchev–Trinajstić information content (AvgIpc) is 2.61. The zero-order valence-corrected chi connectivity index (χ0v) is 14.8. The van der Waals surface area contributed by atoms with Gasteiger partial charge in [0, 0.05) is 18.9 Å². The number of sulfonamides is 1. The van der Waals surface area contributed by atoms with E-state index in [1.165, 1.54) is 25.3 Å². The summed E-state index contributed by atoms with van der Waals surface area (Å²) in [5.74, 6) is -0.299. The van der Waals surface area contributed by atoms with E-state index in [1.807, 2.05) is 12.1 Å². The quantitative estimate of drug-likeness (QED) is 0.693. The van der Waals surface area contributed by atoms with Crippen LogP contribution in [0.3, 0.4) is 0 Å². The summed E-state index contributed by atoms with van der Waals surface area (Å²) in [5.41, 5.74) is 2.15. The van der Waals surface area contributed by atoms with E-state index in [2.05, 4.69) is 20.0 Å². The van der Waals surface area contributed by atoms with Crippen LogP contribution < -0.4 is 10.0 Å². The largest absolute Gasteiger partial charge is 0.380 e. The van der Waals surface area contributed by atoms with Crippen LogP contribution in [0.2, 0.25) is 0 Å². The fourth-order valence-electron chi connectivity index (χ4n) is 2.37. The Labute approximate surface area is 151 Å². The second-order valence-electron chi connectivity index (χ2n) is 5.66. The first-order valence-corrected chi connectivity index (χ1v) is 9.30. The number of hydrogen-bond acceptors (Lipinski definition) is 5. The van der Waals surface area contributed by atoms with Gasteiger partial charge >= 0.3 is 0 Å². The average molecular weight is 372 g/mol. The van der Waals surface area contributed by atoms with Gasteiger partial charge in [-0.2, -0.15) is 0 Å². The van der Waals surface area contributed by atoms with Crippen LogP contribution in [0.15, 0.2) is 66.0 Å². The molecule has 2 N–H and O–H groups in total. The van der Waals surface area contributed by atoms with E-state index < -0.39 is 15.8 Å². The summed E-state index contributed by atoms with van der Waals surface area (Å²) in [4.78, 5) is 8.08. The number of pyridine rings is 2. The van der Waals surface area contributed by atoms with Crippen molar-refractivity contribution >= 4 is 21.5 Å². The predicted octanol–water partition coefficient (Wildman–Crippen LogP) is 3.34. The maximum atomic E-state index is 13.2. The normalized spacial score (nSPS) is 11.2. The van der Waals surface area contributed by atoms with E-state index in [-0.39, 0.29) is 10.7 Å². The lowest BCUT2D eigenvalue weighted by Crippen LogP contribution is -2.15. The highest BCUT2D eigenvalue weighted by Gasteiger charge is 2.17. The van der Waals surface area contributed by atoms with Crippen LogP contribution in [0.5, 0.6) is 0 Å². The van der Waals surface area contributed by atoms with Gasteiger partial charge in [-0.3, -0.25) is 9.71 Å². The van der Waals surface area contributed by atoms with Crippen molar-refractivity contribution in [3.8, 4) is 0 Å². The molecule has 0 aliphatic heterocycles. The number of anilines is 2. The molecule has 0 saturated heterocycles. The first-order chi connectivity index (χ1) is 12.4. The SMILES string of the molecule is Cc1cc(F)ccc1S(=O)(=O)Nc1ccc(NCc2ccncc2)cn1. The Bertz CT molecular complexity index is 993. The Kier molecular flexibility index (Phi) is 5.13. The Hall–Kier alpha value is -3.00. The third-order valence-electron chi connectivity index (χ3n) is 3.67. The van der Waals surface area contributed by atoms with E-state index in [4.69, 9.17) is 0 Å². The predicted molar refractivity (Wildman–Crippen MR) is 97.7 cm³/mol. The number of aromatic nitrogens is 2. The van der Waals surface area contributed by atoms with Crippen molar-refractivity contribution in [2.24, 2.45) is 0 Å². The summed E-state index contributed by atoms with van der Waals surface area (Å²) in [6.07, 6.45) is 4.96. The summed E-state index contributed by atoms with van der Waals surface area (Å²) in [6, 6.07) is 10.6. The molecule has 1 aromatic carbocycles. The smallest absolute Gasteiger partial charge is 0.263 e. The van der Waals surface area contributed by atoms with Crippen LogP contribution in [-0.4, -0.2) is 18.4 Å². The molecule has 0 unspecified atom stereocenters. The Morgan fingerprint density at radius 3 is 2.50 bits per heavy atom. The maximum absolute atomic E-state index is 13.2. The van der Waals surface area contributed by atoms with Crippen LogP contribution in [0.1, 0.15) is 11.1 Å². The molecule has 0 spiro atoms. The lowest BCUT2D eigenvalue weighted by molar-refractivity contribution is 0.598. The zero-order chi connectivity index (χ0) is 18.6. The molecule has 0 bridgehead atoms. The van der Waals surface area contributed by atoms with Crippen LogP contribution >= 0.6 is 0 Å². The minimum atomic E-state index is -3.84. The highest BCUT2D eigenvalue weighted by Crippen LogP contribution is 2.20. The highest BCUT2D eigenvalue weighted by molar-refractivity contribution is 7.92.